The van der Waals surface area contributed by atoms with Gasteiger partial charge in [0.2, 0.25) is 0 Å². The summed E-state index contributed by atoms with van der Waals surface area (Å²) in [6.07, 6.45) is 3.76. The average molecular weight is 365 g/mol. The van der Waals surface area contributed by atoms with E-state index in [9.17, 15) is 4.79 Å². The van der Waals surface area contributed by atoms with E-state index in [-0.39, 0.29) is 11.9 Å². The molecule has 0 unspecified atom stereocenters. The van der Waals surface area contributed by atoms with Crippen LogP contribution >= 0.6 is 0 Å². The largest absolute Gasteiger partial charge is 0.497 e. The molecule has 0 bridgehead atoms. The summed E-state index contributed by atoms with van der Waals surface area (Å²) in [5, 5.41) is 0. The van der Waals surface area contributed by atoms with E-state index < -0.39 is 0 Å². The van der Waals surface area contributed by atoms with Crippen molar-refractivity contribution in [2.45, 2.75) is 39.7 Å². The van der Waals surface area contributed by atoms with Crippen molar-refractivity contribution in [2.75, 3.05) is 14.2 Å². The van der Waals surface area contributed by atoms with Gasteiger partial charge in [0.15, 0.2) is 0 Å². The molecule has 2 heterocycles. The minimum Gasteiger partial charge on any atom is -0.497 e. The highest BCUT2D eigenvalue weighted by molar-refractivity contribution is 5.95. The number of amides is 1. The van der Waals surface area contributed by atoms with Gasteiger partial charge in [0, 0.05) is 13.2 Å². The fraction of sp³-hybridized carbons (Fsp3) is 0.364. The Hall–Kier alpha value is -2.82. The van der Waals surface area contributed by atoms with Crippen molar-refractivity contribution in [1.82, 2.24) is 14.3 Å². The lowest BCUT2D eigenvalue weighted by Crippen LogP contribution is -2.32. The molecule has 5 nitrogen and oxygen atoms in total. The van der Waals surface area contributed by atoms with Crippen molar-refractivity contribution in [1.29, 1.82) is 0 Å². The number of methoxy groups -OCH3 is 1. The lowest BCUT2D eigenvalue weighted by Gasteiger charge is -2.29. The van der Waals surface area contributed by atoms with Crippen LogP contribution in [0.3, 0.4) is 0 Å². The Kier molecular flexibility index (Phi) is 5.49. The molecule has 1 aromatic carbocycles. The Balaban J connectivity index is 2.02. The van der Waals surface area contributed by atoms with Gasteiger partial charge in [-0.15, -0.1) is 0 Å². The highest BCUT2D eigenvalue weighted by atomic mass is 16.5. The van der Waals surface area contributed by atoms with Crippen LogP contribution in [-0.2, 0) is 0 Å². The average Bonchev–Trinajstić information content (AvgIpc) is 3.02. The van der Waals surface area contributed by atoms with Gasteiger partial charge in [0.1, 0.15) is 17.1 Å². The first-order valence-electron chi connectivity index (χ1n) is 9.33. The maximum absolute atomic E-state index is 13.4. The summed E-state index contributed by atoms with van der Waals surface area (Å²) in [4.78, 5) is 19.9. The molecule has 0 aliphatic carbocycles. The number of fused-ring (bicyclic) bond motifs is 1. The summed E-state index contributed by atoms with van der Waals surface area (Å²) in [5.41, 5.74) is 4.34. The van der Waals surface area contributed by atoms with Crippen LogP contribution in [0.25, 0.3) is 5.65 Å². The predicted octanol–water partition coefficient (Wildman–Crippen LogP) is 4.57. The first-order chi connectivity index (χ1) is 13.0. The molecule has 2 aromatic heterocycles. The van der Waals surface area contributed by atoms with Gasteiger partial charge in [-0.3, -0.25) is 9.20 Å². The number of benzene rings is 1. The lowest BCUT2D eigenvalue weighted by atomic mass is 10.00. The summed E-state index contributed by atoms with van der Waals surface area (Å²) >= 11 is 0. The molecule has 0 saturated carbocycles. The molecular formula is C22H27N3O2. The van der Waals surface area contributed by atoms with Crippen LogP contribution in [0, 0.1) is 13.8 Å². The molecule has 3 rings (SSSR count). The molecule has 1 atom stereocenters. The van der Waals surface area contributed by atoms with E-state index in [1.165, 1.54) is 0 Å². The monoisotopic (exact) mass is 365 g/mol. The molecule has 1 amide bonds. The molecule has 27 heavy (non-hydrogen) atoms. The molecule has 0 saturated heterocycles. The normalized spacial score (nSPS) is 12.2. The Bertz CT molecular complexity index is 961. The smallest absolute Gasteiger partial charge is 0.273 e. The SMILES string of the molecule is CCC[C@H](c1cccc(OC)c1)N(C)C(=O)c1c(C)nc2c(C)cccn12. The number of hydrogen-bond donors (Lipinski definition) is 0. The second-order valence-electron chi connectivity index (χ2n) is 6.93. The third-order valence-corrected chi connectivity index (χ3v) is 5.05. The highest BCUT2D eigenvalue weighted by Crippen LogP contribution is 2.29. The molecule has 0 radical (unpaired) electrons. The number of rotatable bonds is 6. The maximum Gasteiger partial charge on any atom is 0.273 e. The van der Waals surface area contributed by atoms with Crippen LogP contribution in [0.4, 0.5) is 0 Å². The highest BCUT2D eigenvalue weighted by Gasteiger charge is 2.26. The molecule has 0 fully saturated rings. The van der Waals surface area contributed by atoms with E-state index in [1.807, 2.05) is 66.7 Å². The number of hydrogen-bond acceptors (Lipinski definition) is 3. The zero-order valence-electron chi connectivity index (χ0n) is 16.7. The van der Waals surface area contributed by atoms with Gasteiger partial charge in [-0.05, 0) is 49.6 Å². The predicted molar refractivity (Wildman–Crippen MR) is 107 cm³/mol. The van der Waals surface area contributed by atoms with Crippen LogP contribution in [0.5, 0.6) is 5.75 Å². The summed E-state index contributed by atoms with van der Waals surface area (Å²) in [5.74, 6) is 0.780. The number of aromatic nitrogens is 2. The van der Waals surface area contributed by atoms with Crippen molar-refractivity contribution in [3.8, 4) is 5.75 Å². The molecular weight excluding hydrogens is 338 g/mol. The number of imidazole rings is 1. The molecule has 0 N–H and O–H groups in total. The molecule has 0 spiro atoms. The number of pyridine rings is 1. The lowest BCUT2D eigenvalue weighted by molar-refractivity contribution is 0.0713. The number of carbonyl (C=O) groups is 1. The van der Waals surface area contributed by atoms with Gasteiger partial charge < -0.3 is 9.64 Å². The van der Waals surface area contributed by atoms with Gasteiger partial charge in [0.25, 0.3) is 5.91 Å². The van der Waals surface area contributed by atoms with Crippen LogP contribution < -0.4 is 4.74 Å². The van der Waals surface area contributed by atoms with Gasteiger partial charge in [-0.2, -0.15) is 0 Å². The molecule has 0 aliphatic heterocycles. The third kappa shape index (κ3) is 3.54. The van der Waals surface area contributed by atoms with Gasteiger partial charge in [-0.1, -0.05) is 31.5 Å². The first kappa shape index (κ1) is 19.0. The fourth-order valence-corrected chi connectivity index (χ4v) is 3.59. The topological polar surface area (TPSA) is 46.8 Å². The van der Waals surface area contributed by atoms with Crippen molar-refractivity contribution in [3.63, 3.8) is 0 Å². The Labute approximate surface area is 160 Å². The number of carbonyl (C=O) groups excluding carboxylic acids is 1. The summed E-state index contributed by atoms with van der Waals surface area (Å²) in [6, 6.07) is 11.9. The van der Waals surface area contributed by atoms with E-state index in [0.29, 0.717) is 5.69 Å². The van der Waals surface area contributed by atoms with Gasteiger partial charge in [0.05, 0.1) is 18.8 Å². The van der Waals surface area contributed by atoms with Crippen molar-refractivity contribution >= 4 is 11.6 Å². The van der Waals surface area contributed by atoms with Crippen LogP contribution in [0.1, 0.15) is 53.1 Å². The zero-order valence-corrected chi connectivity index (χ0v) is 16.7. The summed E-state index contributed by atoms with van der Waals surface area (Å²) < 4.78 is 7.27. The molecule has 5 heteroatoms. The second-order valence-corrected chi connectivity index (χ2v) is 6.93. The minimum atomic E-state index is -0.0214. The quantitative estimate of drug-likeness (QED) is 0.643. The van der Waals surface area contributed by atoms with E-state index >= 15 is 0 Å². The second kappa shape index (κ2) is 7.82. The molecule has 0 aliphatic rings. The fourth-order valence-electron chi connectivity index (χ4n) is 3.59. The summed E-state index contributed by atoms with van der Waals surface area (Å²) in [7, 11) is 3.53. The van der Waals surface area contributed by atoms with E-state index in [0.717, 1.165) is 41.1 Å². The Morgan fingerprint density at radius 1 is 1.26 bits per heavy atom. The van der Waals surface area contributed by atoms with Crippen molar-refractivity contribution in [3.05, 3.63) is 65.1 Å². The van der Waals surface area contributed by atoms with Crippen LogP contribution in [0.15, 0.2) is 42.6 Å². The number of aryl methyl sites for hydroxylation is 2. The summed E-state index contributed by atoms with van der Waals surface area (Å²) in [6.45, 7) is 6.04. The van der Waals surface area contributed by atoms with Crippen LogP contribution in [0.2, 0.25) is 0 Å². The van der Waals surface area contributed by atoms with E-state index in [1.54, 1.807) is 7.11 Å². The van der Waals surface area contributed by atoms with E-state index in [2.05, 4.69) is 18.0 Å². The van der Waals surface area contributed by atoms with E-state index in [4.69, 9.17) is 4.74 Å². The third-order valence-electron chi connectivity index (χ3n) is 5.05. The molecule has 142 valence electrons. The van der Waals surface area contributed by atoms with Crippen molar-refractivity contribution < 1.29 is 9.53 Å². The van der Waals surface area contributed by atoms with Crippen LogP contribution in [-0.4, -0.2) is 34.3 Å². The zero-order chi connectivity index (χ0) is 19.6. The standard InChI is InChI=1S/C22H27N3O2/c1-6-9-19(17-11-7-12-18(14-17)27-5)24(4)22(26)20-16(3)23-21-15(2)10-8-13-25(20)21/h7-8,10-14,19H,6,9H2,1-5H3/t19-/m1/s1. The van der Waals surface area contributed by atoms with Crippen molar-refractivity contribution in [2.24, 2.45) is 0 Å². The number of ether oxygens (including phenoxy) is 1. The van der Waals surface area contributed by atoms with Gasteiger partial charge >= 0.3 is 0 Å². The van der Waals surface area contributed by atoms with Gasteiger partial charge in [-0.25, -0.2) is 4.98 Å². The Morgan fingerprint density at radius 3 is 2.74 bits per heavy atom. The number of nitrogens with zero attached hydrogens (tertiary/aromatic N) is 3. The maximum atomic E-state index is 13.4. The molecule has 3 aromatic rings. The Morgan fingerprint density at radius 2 is 2.04 bits per heavy atom. The first-order valence-corrected chi connectivity index (χ1v) is 9.33. The minimum absolute atomic E-state index is 0.0210.